The monoisotopic (exact) mass is 635 g/mol. The van der Waals surface area contributed by atoms with Crippen LogP contribution in [0.1, 0.15) is 40.7 Å². The summed E-state index contributed by atoms with van der Waals surface area (Å²) in [6, 6.07) is 13.6. The van der Waals surface area contributed by atoms with Gasteiger partial charge >= 0.3 is 12.3 Å². The first-order valence-electron chi connectivity index (χ1n) is 12.9. The molecule has 0 atom stereocenters. The van der Waals surface area contributed by atoms with Crippen molar-refractivity contribution in [3.63, 3.8) is 0 Å². The average molecular weight is 636 g/mol. The van der Waals surface area contributed by atoms with Gasteiger partial charge in [0, 0.05) is 17.6 Å². The smallest absolute Gasteiger partial charge is 0.496 e. The fourth-order valence-electron chi connectivity index (χ4n) is 4.63. The second-order valence-corrected chi connectivity index (χ2v) is 10.4. The lowest BCUT2D eigenvalue weighted by Gasteiger charge is -2.33. The molecule has 0 bridgehead atoms. The summed E-state index contributed by atoms with van der Waals surface area (Å²) in [6.07, 6.45) is -1.82. The number of halogens is 4. The third kappa shape index (κ3) is 7.63. The van der Waals surface area contributed by atoms with Gasteiger partial charge in [-0.1, -0.05) is 22.0 Å². The van der Waals surface area contributed by atoms with E-state index in [1.807, 2.05) is 25.1 Å². The number of aryl methyl sites for hydroxylation is 1. The summed E-state index contributed by atoms with van der Waals surface area (Å²) in [4.78, 5) is 27.7. The van der Waals surface area contributed by atoms with Crippen LogP contribution in [0.15, 0.2) is 59.1 Å². The van der Waals surface area contributed by atoms with Crippen molar-refractivity contribution >= 4 is 44.9 Å². The first-order chi connectivity index (χ1) is 19.4. The number of hydrogen-bond donors (Lipinski definition) is 2. The van der Waals surface area contributed by atoms with Crippen molar-refractivity contribution in [1.82, 2.24) is 0 Å². The largest absolute Gasteiger partial charge is 0.573 e. The van der Waals surface area contributed by atoms with Crippen molar-refractivity contribution in [2.24, 2.45) is 0 Å². The zero-order chi connectivity index (χ0) is 29.7. The number of ether oxygens (including phenoxy) is 2. The van der Waals surface area contributed by atoms with Crippen molar-refractivity contribution in [3.05, 3.63) is 75.8 Å². The summed E-state index contributed by atoms with van der Waals surface area (Å²) >= 11 is 3.35. The average Bonchev–Trinajstić information content (AvgIpc) is 2.93. The van der Waals surface area contributed by atoms with Gasteiger partial charge in [-0.15, -0.1) is 13.2 Å². The molecule has 1 amide bonds. The van der Waals surface area contributed by atoms with Crippen LogP contribution in [0.25, 0.3) is 0 Å². The Labute approximate surface area is 243 Å². The number of carboxylic acids is 1. The Hall–Kier alpha value is -3.93. The third-order valence-corrected chi connectivity index (χ3v) is 7.34. The predicted octanol–water partition coefficient (Wildman–Crippen LogP) is 6.96. The van der Waals surface area contributed by atoms with Crippen LogP contribution in [0.2, 0.25) is 0 Å². The summed E-state index contributed by atoms with van der Waals surface area (Å²) in [7, 11) is 1.33. The van der Waals surface area contributed by atoms with E-state index >= 15 is 0 Å². The summed E-state index contributed by atoms with van der Waals surface area (Å²) in [5, 5.41) is 10.7. The number of alkyl halides is 3. The molecular formula is C29H29BrF3N3O5. The molecule has 4 rings (SSSR count). The number of aromatic carboxylic acids is 1. The lowest BCUT2D eigenvalue weighted by Crippen LogP contribution is -2.39. The molecule has 12 heteroatoms. The molecule has 1 aliphatic rings. The molecule has 3 aromatic rings. The van der Waals surface area contributed by atoms with Crippen LogP contribution >= 0.6 is 15.9 Å². The number of carboxylic acid groups (broad SMARTS) is 1. The molecule has 0 unspecified atom stereocenters. The third-order valence-electron chi connectivity index (χ3n) is 6.60. The summed E-state index contributed by atoms with van der Waals surface area (Å²) in [6.45, 7) is 3.70. The second-order valence-electron chi connectivity index (χ2n) is 9.58. The zero-order valence-corrected chi connectivity index (χ0v) is 24.0. The number of hydrogen-bond acceptors (Lipinski definition) is 6. The van der Waals surface area contributed by atoms with Gasteiger partial charge in [-0.05, 0) is 85.8 Å². The minimum Gasteiger partial charge on any atom is -0.496 e. The molecule has 1 aliphatic heterocycles. The lowest BCUT2D eigenvalue weighted by molar-refractivity contribution is -0.274. The van der Waals surface area contributed by atoms with Crippen molar-refractivity contribution in [1.29, 1.82) is 0 Å². The number of rotatable bonds is 9. The van der Waals surface area contributed by atoms with E-state index in [4.69, 9.17) is 4.74 Å². The van der Waals surface area contributed by atoms with Gasteiger partial charge in [0.2, 0.25) is 5.91 Å². The van der Waals surface area contributed by atoms with Gasteiger partial charge in [-0.3, -0.25) is 10.2 Å². The number of carbonyl (C=O) groups excluding carboxylic acids is 1. The molecule has 218 valence electrons. The van der Waals surface area contributed by atoms with Gasteiger partial charge < -0.3 is 19.5 Å². The number of methoxy groups -OCH3 is 1. The number of nitrogens with one attached hydrogen (secondary N) is 1. The summed E-state index contributed by atoms with van der Waals surface area (Å²) in [5.74, 6) is -1.97. The topological polar surface area (TPSA) is 91.3 Å². The van der Waals surface area contributed by atoms with Gasteiger partial charge in [0.05, 0.1) is 30.6 Å². The molecule has 0 radical (unpaired) electrons. The molecule has 0 saturated carbocycles. The Morgan fingerprint density at radius 2 is 1.73 bits per heavy atom. The van der Waals surface area contributed by atoms with E-state index in [2.05, 4.69) is 31.0 Å². The van der Waals surface area contributed by atoms with Crippen molar-refractivity contribution in [3.8, 4) is 11.5 Å². The molecule has 41 heavy (non-hydrogen) atoms. The fraction of sp³-hybridized carbons (Fsp3) is 0.310. The second kappa shape index (κ2) is 12.7. The van der Waals surface area contributed by atoms with Gasteiger partial charge in [0.25, 0.3) is 0 Å². The Bertz CT molecular complexity index is 1410. The summed E-state index contributed by atoms with van der Waals surface area (Å²) < 4.78 is 47.8. The maximum Gasteiger partial charge on any atom is 0.573 e. The molecule has 1 saturated heterocycles. The zero-order valence-electron chi connectivity index (χ0n) is 22.4. The highest BCUT2D eigenvalue weighted by atomic mass is 79.9. The van der Waals surface area contributed by atoms with Gasteiger partial charge in [-0.2, -0.15) is 0 Å². The number of benzene rings is 3. The van der Waals surface area contributed by atoms with E-state index < -0.39 is 24.0 Å². The first kappa shape index (κ1) is 30.0. The molecule has 8 nitrogen and oxygen atoms in total. The lowest BCUT2D eigenvalue weighted by atomic mass is 10.1. The Balaban J connectivity index is 1.71. The number of nitrogens with zero attached hydrogens (tertiary/aromatic N) is 2. The standard InChI is InChI=1S/C29H29BrF3N3O5/c1-18-6-11-24(25(14-18)35-12-4-3-5-13-35)34-36(20-7-9-21(10-8-20)41-29(31,32)33)27(37)16-19-15-26(40-2)22(28(38)39)17-23(19)30/h6-11,14-15,17,34H,3-5,12-13,16H2,1-2H3,(H,38,39). The number of hydrazine groups is 1. The maximum absolute atomic E-state index is 13.8. The number of anilines is 3. The Kier molecular flexibility index (Phi) is 9.31. The normalized spacial score (nSPS) is 13.5. The number of amides is 1. The minimum atomic E-state index is -4.85. The number of carbonyl (C=O) groups is 2. The van der Waals surface area contributed by atoms with Gasteiger partial charge in [-0.25, -0.2) is 9.80 Å². The van der Waals surface area contributed by atoms with Crippen LogP contribution in [0, 0.1) is 6.92 Å². The van der Waals surface area contributed by atoms with E-state index in [-0.39, 0.29) is 23.4 Å². The van der Waals surface area contributed by atoms with Crippen LogP contribution in [0.3, 0.4) is 0 Å². The highest BCUT2D eigenvalue weighted by Crippen LogP contribution is 2.33. The summed E-state index contributed by atoms with van der Waals surface area (Å²) in [5.41, 5.74) is 6.46. The van der Waals surface area contributed by atoms with Crippen LogP contribution in [-0.4, -0.2) is 43.5 Å². The highest BCUT2D eigenvalue weighted by Gasteiger charge is 2.31. The predicted molar refractivity (Wildman–Crippen MR) is 153 cm³/mol. The quantitative estimate of drug-likeness (QED) is 0.246. The van der Waals surface area contributed by atoms with Gasteiger partial charge in [0.1, 0.15) is 17.1 Å². The molecule has 1 heterocycles. The van der Waals surface area contributed by atoms with E-state index in [0.717, 1.165) is 55.7 Å². The Morgan fingerprint density at radius 3 is 2.34 bits per heavy atom. The van der Waals surface area contributed by atoms with E-state index in [9.17, 15) is 27.9 Å². The van der Waals surface area contributed by atoms with E-state index in [1.165, 1.54) is 36.4 Å². The molecule has 0 spiro atoms. The van der Waals surface area contributed by atoms with Crippen LogP contribution < -0.4 is 24.8 Å². The van der Waals surface area contributed by atoms with E-state index in [0.29, 0.717) is 15.7 Å². The molecule has 0 aliphatic carbocycles. The molecular weight excluding hydrogens is 607 g/mol. The molecule has 0 aromatic heterocycles. The van der Waals surface area contributed by atoms with Crippen LogP contribution in [-0.2, 0) is 11.2 Å². The SMILES string of the molecule is COc1cc(CC(=O)N(Nc2ccc(C)cc2N2CCCCC2)c2ccc(OC(F)(F)F)cc2)c(Br)cc1C(=O)O. The molecule has 2 N–H and O–H groups in total. The van der Waals surface area contributed by atoms with Crippen LogP contribution in [0.5, 0.6) is 11.5 Å². The number of piperidine rings is 1. The van der Waals surface area contributed by atoms with Crippen molar-refractivity contribution in [2.45, 2.75) is 39.0 Å². The first-order valence-corrected chi connectivity index (χ1v) is 13.6. The molecule has 3 aromatic carbocycles. The maximum atomic E-state index is 13.8. The molecule has 1 fully saturated rings. The van der Waals surface area contributed by atoms with Gasteiger partial charge in [0.15, 0.2) is 0 Å². The van der Waals surface area contributed by atoms with Crippen LogP contribution in [0.4, 0.5) is 30.2 Å². The Morgan fingerprint density at radius 1 is 1.05 bits per heavy atom. The van der Waals surface area contributed by atoms with E-state index in [1.54, 1.807) is 0 Å². The minimum absolute atomic E-state index is 0.0726. The highest BCUT2D eigenvalue weighted by molar-refractivity contribution is 9.10. The fourth-order valence-corrected chi connectivity index (χ4v) is 5.11. The van der Waals surface area contributed by atoms with Crippen molar-refractivity contribution in [2.75, 3.05) is 35.5 Å². The van der Waals surface area contributed by atoms with Crippen molar-refractivity contribution < 1.29 is 37.3 Å².